The fourth-order valence-corrected chi connectivity index (χ4v) is 2.04. The van der Waals surface area contributed by atoms with Crippen LogP contribution in [0.25, 0.3) is 6.08 Å². The second-order valence-electron chi connectivity index (χ2n) is 4.86. The number of nitro groups is 1. The van der Waals surface area contributed by atoms with Gasteiger partial charge >= 0.3 is 5.69 Å². The molecule has 0 bridgehead atoms. The summed E-state index contributed by atoms with van der Waals surface area (Å²) in [5, 5.41) is 13.1. The van der Waals surface area contributed by atoms with Gasteiger partial charge in [-0.05, 0) is 35.9 Å². The van der Waals surface area contributed by atoms with Crippen LogP contribution in [0.5, 0.6) is 11.5 Å². The lowest BCUT2D eigenvalue weighted by Crippen LogP contribution is -2.08. The highest BCUT2D eigenvalue weighted by Gasteiger charge is 2.14. The van der Waals surface area contributed by atoms with E-state index in [-0.39, 0.29) is 5.69 Å². The van der Waals surface area contributed by atoms with Crippen LogP contribution < -0.4 is 14.8 Å². The van der Waals surface area contributed by atoms with Crippen LogP contribution in [0.1, 0.15) is 5.56 Å². The topological polar surface area (TPSA) is 90.7 Å². The van der Waals surface area contributed by atoms with Crippen LogP contribution in [-0.4, -0.2) is 25.1 Å². The number of hydrogen-bond donors (Lipinski definition) is 1. The van der Waals surface area contributed by atoms with E-state index in [1.807, 2.05) is 0 Å². The Balaban J connectivity index is 2.11. The van der Waals surface area contributed by atoms with Crippen molar-refractivity contribution in [2.24, 2.45) is 0 Å². The van der Waals surface area contributed by atoms with Crippen molar-refractivity contribution in [2.45, 2.75) is 0 Å². The molecule has 0 aliphatic heterocycles. The van der Waals surface area contributed by atoms with Crippen molar-refractivity contribution in [2.75, 3.05) is 19.5 Å². The molecule has 0 saturated carbocycles. The molecule has 0 heterocycles. The van der Waals surface area contributed by atoms with Crippen molar-refractivity contribution < 1.29 is 23.6 Å². The molecule has 8 heteroatoms. The summed E-state index contributed by atoms with van der Waals surface area (Å²) in [6, 6.07) is 8.23. The molecule has 0 aliphatic carbocycles. The van der Waals surface area contributed by atoms with E-state index in [1.165, 1.54) is 32.4 Å². The number of anilines is 1. The Morgan fingerprint density at radius 3 is 2.52 bits per heavy atom. The molecule has 0 aromatic heterocycles. The molecule has 130 valence electrons. The number of amides is 1. The van der Waals surface area contributed by atoms with Gasteiger partial charge in [-0.25, -0.2) is 0 Å². The van der Waals surface area contributed by atoms with Gasteiger partial charge in [-0.15, -0.1) is 0 Å². The van der Waals surface area contributed by atoms with E-state index in [4.69, 9.17) is 9.47 Å². The fourth-order valence-electron chi connectivity index (χ4n) is 2.04. The number of benzene rings is 2. The molecule has 0 fully saturated rings. The van der Waals surface area contributed by atoms with Gasteiger partial charge in [-0.1, -0.05) is 6.07 Å². The van der Waals surface area contributed by atoms with Crippen molar-refractivity contribution in [3.8, 4) is 11.5 Å². The van der Waals surface area contributed by atoms with E-state index in [1.54, 1.807) is 18.2 Å². The summed E-state index contributed by atoms with van der Waals surface area (Å²) < 4.78 is 23.6. The second kappa shape index (κ2) is 7.91. The van der Waals surface area contributed by atoms with Crippen molar-refractivity contribution in [1.82, 2.24) is 0 Å². The number of carbonyl (C=O) groups is 1. The molecule has 0 unspecified atom stereocenters. The van der Waals surface area contributed by atoms with Gasteiger partial charge < -0.3 is 14.8 Å². The third kappa shape index (κ3) is 4.54. The molecular weight excluding hydrogens is 331 g/mol. The van der Waals surface area contributed by atoms with Gasteiger partial charge in [0.2, 0.25) is 11.7 Å². The van der Waals surface area contributed by atoms with Crippen LogP contribution in [-0.2, 0) is 4.79 Å². The van der Waals surface area contributed by atoms with Gasteiger partial charge in [-0.2, -0.15) is 4.39 Å². The van der Waals surface area contributed by atoms with Crippen LogP contribution in [0, 0.1) is 15.9 Å². The number of methoxy groups -OCH3 is 2. The molecule has 1 amide bonds. The average Bonchev–Trinajstić information content (AvgIpc) is 2.61. The predicted molar refractivity (Wildman–Crippen MR) is 90.3 cm³/mol. The standard InChI is InChI=1S/C17H15FN2O5/c1-24-15-7-3-11(9-16(15)25-2)4-8-17(21)19-12-5-6-13(18)14(10-12)20(22)23/h3-10H,1-2H3,(H,19,21). The minimum Gasteiger partial charge on any atom is -0.493 e. The second-order valence-corrected chi connectivity index (χ2v) is 4.86. The van der Waals surface area contributed by atoms with Crippen molar-refractivity contribution in [1.29, 1.82) is 0 Å². The maximum Gasteiger partial charge on any atom is 0.306 e. The number of carbonyl (C=O) groups excluding carboxylic acids is 1. The summed E-state index contributed by atoms with van der Waals surface area (Å²) in [5.41, 5.74) is 0.106. The fraction of sp³-hybridized carbons (Fsp3) is 0.118. The average molecular weight is 346 g/mol. The first-order valence-corrected chi connectivity index (χ1v) is 7.09. The van der Waals surface area contributed by atoms with Crippen molar-refractivity contribution >= 4 is 23.4 Å². The van der Waals surface area contributed by atoms with Gasteiger partial charge in [0.15, 0.2) is 11.5 Å². The Labute approximate surface area is 142 Å². The van der Waals surface area contributed by atoms with Crippen LogP contribution in [0.2, 0.25) is 0 Å². The Kier molecular flexibility index (Phi) is 5.67. The quantitative estimate of drug-likeness (QED) is 0.492. The van der Waals surface area contributed by atoms with Gasteiger partial charge in [-0.3, -0.25) is 14.9 Å². The van der Waals surface area contributed by atoms with Crippen LogP contribution in [0.4, 0.5) is 15.8 Å². The summed E-state index contributed by atoms with van der Waals surface area (Å²) in [5.74, 6) is -0.415. The van der Waals surface area contributed by atoms with Gasteiger partial charge in [0.1, 0.15) is 0 Å². The SMILES string of the molecule is COc1ccc(C=CC(=O)Nc2ccc(F)c([N+](=O)[O-])c2)cc1OC. The first kappa shape index (κ1) is 17.9. The number of hydrogen-bond acceptors (Lipinski definition) is 5. The normalized spacial score (nSPS) is 10.5. The third-order valence-corrected chi connectivity index (χ3v) is 3.25. The van der Waals surface area contributed by atoms with E-state index in [9.17, 15) is 19.3 Å². The minimum atomic E-state index is -0.969. The van der Waals surface area contributed by atoms with E-state index >= 15 is 0 Å². The van der Waals surface area contributed by atoms with Gasteiger partial charge in [0, 0.05) is 17.8 Å². The Morgan fingerprint density at radius 1 is 1.16 bits per heavy atom. The molecule has 0 aliphatic rings. The molecule has 0 spiro atoms. The molecule has 1 N–H and O–H groups in total. The van der Waals surface area contributed by atoms with E-state index in [2.05, 4.69) is 5.32 Å². The maximum absolute atomic E-state index is 13.3. The molecule has 0 saturated heterocycles. The summed E-state index contributed by atoms with van der Waals surface area (Å²) in [4.78, 5) is 21.8. The molecule has 2 aromatic carbocycles. The van der Waals surface area contributed by atoms with Crippen molar-refractivity contribution in [3.05, 3.63) is 64.0 Å². The lowest BCUT2D eigenvalue weighted by Gasteiger charge is -2.07. The number of halogens is 1. The number of rotatable bonds is 6. The smallest absolute Gasteiger partial charge is 0.306 e. The number of nitrogens with one attached hydrogen (secondary N) is 1. The molecule has 0 atom stereocenters. The van der Waals surface area contributed by atoms with Gasteiger partial charge in [0.25, 0.3) is 0 Å². The van der Waals surface area contributed by atoms with Gasteiger partial charge in [0.05, 0.1) is 19.1 Å². The highest BCUT2D eigenvalue weighted by Crippen LogP contribution is 2.28. The molecule has 2 rings (SSSR count). The zero-order chi connectivity index (χ0) is 18.4. The number of nitrogens with zero attached hydrogens (tertiary/aromatic N) is 1. The van der Waals surface area contributed by atoms with Crippen LogP contribution >= 0.6 is 0 Å². The maximum atomic E-state index is 13.3. The minimum absolute atomic E-state index is 0.120. The summed E-state index contributed by atoms with van der Waals surface area (Å²) >= 11 is 0. The summed E-state index contributed by atoms with van der Waals surface area (Å²) in [6.45, 7) is 0. The lowest BCUT2D eigenvalue weighted by atomic mass is 10.2. The van der Waals surface area contributed by atoms with Crippen LogP contribution in [0.15, 0.2) is 42.5 Å². The Hall–Kier alpha value is -3.42. The molecule has 0 radical (unpaired) electrons. The van der Waals surface area contributed by atoms with E-state index in [0.29, 0.717) is 17.1 Å². The van der Waals surface area contributed by atoms with E-state index in [0.717, 1.165) is 12.1 Å². The molecule has 2 aromatic rings. The van der Waals surface area contributed by atoms with Crippen molar-refractivity contribution in [3.63, 3.8) is 0 Å². The molecule has 7 nitrogen and oxygen atoms in total. The lowest BCUT2D eigenvalue weighted by molar-refractivity contribution is -0.387. The van der Waals surface area contributed by atoms with Crippen LogP contribution in [0.3, 0.4) is 0 Å². The highest BCUT2D eigenvalue weighted by molar-refractivity contribution is 6.02. The number of nitro benzene ring substituents is 1. The zero-order valence-electron chi connectivity index (χ0n) is 13.5. The first-order valence-electron chi connectivity index (χ1n) is 7.09. The monoisotopic (exact) mass is 346 g/mol. The largest absolute Gasteiger partial charge is 0.493 e. The highest BCUT2D eigenvalue weighted by atomic mass is 19.1. The zero-order valence-corrected chi connectivity index (χ0v) is 13.5. The number of ether oxygens (including phenoxy) is 2. The Morgan fingerprint density at radius 2 is 1.88 bits per heavy atom. The molecular formula is C17H15FN2O5. The summed E-state index contributed by atoms with van der Waals surface area (Å²) in [6.07, 6.45) is 2.78. The Bertz CT molecular complexity index is 836. The predicted octanol–water partition coefficient (Wildman–Crippen LogP) is 3.40. The molecule has 25 heavy (non-hydrogen) atoms. The summed E-state index contributed by atoms with van der Waals surface area (Å²) in [7, 11) is 3.02. The first-order chi connectivity index (χ1) is 11.9. The third-order valence-electron chi connectivity index (χ3n) is 3.25. The van der Waals surface area contributed by atoms with E-state index < -0.39 is 22.3 Å².